The van der Waals surface area contributed by atoms with E-state index >= 15 is 0 Å². The molecular formula is C32H62O4. The molecule has 0 rings (SSSR count). The van der Waals surface area contributed by atoms with Crippen molar-refractivity contribution < 1.29 is 19.8 Å². The van der Waals surface area contributed by atoms with Crippen LogP contribution < -0.4 is 0 Å². The van der Waals surface area contributed by atoms with Gasteiger partial charge in [0.15, 0.2) is 0 Å². The van der Waals surface area contributed by atoms with Gasteiger partial charge >= 0.3 is 11.9 Å². The van der Waals surface area contributed by atoms with Gasteiger partial charge < -0.3 is 10.2 Å². The van der Waals surface area contributed by atoms with Gasteiger partial charge in [0.2, 0.25) is 0 Å². The topological polar surface area (TPSA) is 74.6 Å². The quantitative estimate of drug-likeness (QED) is 0.0981. The van der Waals surface area contributed by atoms with Crippen LogP contribution in [0.2, 0.25) is 0 Å². The summed E-state index contributed by atoms with van der Waals surface area (Å²) >= 11 is 0. The lowest BCUT2D eigenvalue weighted by Gasteiger charge is -2.19. The summed E-state index contributed by atoms with van der Waals surface area (Å²) in [6.07, 6.45) is 31.5. The Balaban J connectivity index is 3.31. The van der Waals surface area contributed by atoms with Crippen molar-refractivity contribution in [2.24, 2.45) is 11.8 Å². The van der Waals surface area contributed by atoms with E-state index in [1.54, 1.807) is 0 Å². The number of hydrogen-bond donors (Lipinski definition) is 2. The number of rotatable bonds is 29. The summed E-state index contributed by atoms with van der Waals surface area (Å²) in [5.74, 6) is 0.407. The maximum atomic E-state index is 10.5. The Kier molecular flexibility index (Phi) is 26.2. The van der Waals surface area contributed by atoms with Crippen LogP contribution in [-0.4, -0.2) is 22.2 Å². The fourth-order valence-electron chi connectivity index (χ4n) is 5.24. The van der Waals surface area contributed by atoms with Crippen molar-refractivity contribution in [1.82, 2.24) is 0 Å². The smallest absolute Gasteiger partial charge is 0.303 e. The molecule has 0 aliphatic heterocycles. The summed E-state index contributed by atoms with van der Waals surface area (Å²) in [6.45, 7) is 4.92. The first-order valence-corrected chi connectivity index (χ1v) is 15.9. The fraction of sp³-hybridized carbons (Fsp3) is 0.938. The van der Waals surface area contributed by atoms with Crippen LogP contribution >= 0.6 is 0 Å². The van der Waals surface area contributed by atoms with Crippen molar-refractivity contribution in [1.29, 1.82) is 0 Å². The Bertz CT molecular complexity index is 447. The number of unbranched alkanes of at least 4 members (excludes halogenated alkanes) is 20. The molecule has 214 valence electrons. The monoisotopic (exact) mass is 510 g/mol. The van der Waals surface area contributed by atoms with E-state index in [1.807, 2.05) is 0 Å². The molecule has 0 aliphatic carbocycles. The first-order valence-electron chi connectivity index (χ1n) is 15.9. The second kappa shape index (κ2) is 27.0. The van der Waals surface area contributed by atoms with Gasteiger partial charge in [0.1, 0.15) is 0 Å². The summed E-state index contributed by atoms with van der Waals surface area (Å²) in [5.41, 5.74) is 0. The highest BCUT2D eigenvalue weighted by atomic mass is 16.4. The molecule has 4 heteroatoms. The zero-order valence-electron chi connectivity index (χ0n) is 24.3. The SMILES string of the molecule is CC(CCCCCCCCCCCCCC(=O)O)C(C)CCCCCCCCCCCCCC(=O)O. The Hall–Kier alpha value is -1.06. The Morgan fingerprint density at radius 3 is 0.806 bits per heavy atom. The number of aliphatic carboxylic acids is 2. The Morgan fingerprint density at radius 2 is 0.583 bits per heavy atom. The molecule has 0 bridgehead atoms. The number of carboxylic acid groups (broad SMARTS) is 2. The second-order valence-electron chi connectivity index (χ2n) is 11.6. The van der Waals surface area contributed by atoms with E-state index in [-0.39, 0.29) is 0 Å². The van der Waals surface area contributed by atoms with Crippen LogP contribution in [0.15, 0.2) is 0 Å². The molecule has 0 fully saturated rings. The van der Waals surface area contributed by atoms with Crippen molar-refractivity contribution in [3.8, 4) is 0 Å². The third kappa shape index (κ3) is 27.5. The molecule has 0 saturated carbocycles. The lowest BCUT2D eigenvalue weighted by atomic mass is 9.86. The predicted octanol–water partition coefficient (Wildman–Crippen LogP) is 10.6. The van der Waals surface area contributed by atoms with E-state index in [2.05, 4.69) is 13.8 Å². The van der Waals surface area contributed by atoms with E-state index in [1.165, 1.54) is 128 Å². The van der Waals surface area contributed by atoms with Crippen LogP contribution in [-0.2, 0) is 9.59 Å². The zero-order valence-corrected chi connectivity index (χ0v) is 24.3. The molecule has 2 N–H and O–H groups in total. The van der Waals surface area contributed by atoms with Crippen LogP contribution in [0.4, 0.5) is 0 Å². The van der Waals surface area contributed by atoms with E-state index in [9.17, 15) is 9.59 Å². The number of carboxylic acids is 2. The summed E-state index contributed by atoms with van der Waals surface area (Å²) in [6, 6.07) is 0. The molecule has 0 aliphatic rings. The molecule has 0 saturated heterocycles. The molecule has 36 heavy (non-hydrogen) atoms. The minimum absolute atomic E-state index is 0.333. The van der Waals surface area contributed by atoms with Gasteiger partial charge in [-0.3, -0.25) is 9.59 Å². The molecule has 0 aromatic carbocycles. The van der Waals surface area contributed by atoms with Gasteiger partial charge in [-0.2, -0.15) is 0 Å². The average Bonchev–Trinajstić information content (AvgIpc) is 2.84. The van der Waals surface area contributed by atoms with Crippen molar-refractivity contribution in [2.45, 2.75) is 181 Å². The highest BCUT2D eigenvalue weighted by Gasteiger charge is 2.11. The Labute approximate surface area is 224 Å². The third-order valence-corrected chi connectivity index (χ3v) is 8.07. The molecule has 4 nitrogen and oxygen atoms in total. The fourth-order valence-corrected chi connectivity index (χ4v) is 5.24. The van der Waals surface area contributed by atoms with Crippen LogP contribution in [0.25, 0.3) is 0 Å². The molecule has 2 unspecified atom stereocenters. The van der Waals surface area contributed by atoms with E-state index in [0.717, 1.165) is 37.5 Å². The van der Waals surface area contributed by atoms with Crippen molar-refractivity contribution >= 4 is 11.9 Å². The number of carbonyl (C=O) groups is 2. The van der Waals surface area contributed by atoms with Crippen LogP contribution in [0, 0.1) is 11.8 Å². The molecule has 0 aromatic rings. The molecule has 0 heterocycles. The lowest BCUT2D eigenvalue weighted by Crippen LogP contribution is -2.08. The van der Waals surface area contributed by atoms with Crippen LogP contribution in [0.5, 0.6) is 0 Å². The zero-order chi connectivity index (χ0) is 26.7. The van der Waals surface area contributed by atoms with Crippen LogP contribution in [0.3, 0.4) is 0 Å². The maximum absolute atomic E-state index is 10.5. The van der Waals surface area contributed by atoms with E-state index in [4.69, 9.17) is 10.2 Å². The lowest BCUT2D eigenvalue weighted by molar-refractivity contribution is -0.138. The Morgan fingerprint density at radius 1 is 0.389 bits per heavy atom. The minimum atomic E-state index is -0.659. The molecule has 2 atom stereocenters. The van der Waals surface area contributed by atoms with Gasteiger partial charge in [-0.15, -0.1) is 0 Å². The van der Waals surface area contributed by atoms with Gasteiger partial charge in [-0.1, -0.05) is 155 Å². The summed E-state index contributed by atoms with van der Waals surface area (Å²) < 4.78 is 0. The summed E-state index contributed by atoms with van der Waals surface area (Å²) in [4.78, 5) is 21.0. The highest BCUT2D eigenvalue weighted by molar-refractivity contribution is 5.66. The predicted molar refractivity (Wildman–Crippen MR) is 154 cm³/mol. The van der Waals surface area contributed by atoms with E-state index in [0.29, 0.717) is 12.8 Å². The van der Waals surface area contributed by atoms with Gasteiger partial charge in [0.25, 0.3) is 0 Å². The second-order valence-corrected chi connectivity index (χ2v) is 11.6. The molecule has 0 spiro atoms. The average molecular weight is 511 g/mol. The van der Waals surface area contributed by atoms with Crippen molar-refractivity contribution in [3.63, 3.8) is 0 Å². The molecule has 0 amide bonds. The molecule has 0 aromatic heterocycles. The van der Waals surface area contributed by atoms with Gasteiger partial charge in [0, 0.05) is 12.8 Å². The van der Waals surface area contributed by atoms with E-state index < -0.39 is 11.9 Å². The molecule has 0 radical (unpaired) electrons. The highest BCUT2D eigenvalue weighted by Crippen LogP contribution is 2.24. The van der Waals surface area contributed by atoms with Gasteiger partial charge in [0.05, 0.1) is 0 Å². The van der Waals surface area contributed by atoms with Gasteiger partial charge in [-0.05, 0) is 24.7 Å². The first-order chi connectivity index (χ1) is 17.4. The maximum Gasteiger partial charge on any atom is 0.303 e. The molecular weight excluding hydrogens is 448 g/mol. The third-order valence-electron chi connectivity index (χ3n) is 8.07. The minimum Gasteiger partial charge on any atom is -0.481 e. The summed E-state index contributed by atoms with van der Waals surface area (Å²) in [5, 5.41) is 17.3. The first kappa shape index (κ1) is 34.9. The largest absolute Gasteiger partial charge is 0.481 e. The normalized spacial score (nSPS) is 13.1. The van der Waals surface area contributed by atoms with Crippen molar-refractivity contribution in [3.05, 3.63) is 0 Å². The standard InChI is InChI=1S/C32H62O4/c1-29(25-21-17-13-9-5-3-7-11-15-19-23-27-31(33)34)30(2)26-22-18-14-10-6-4-8-12-16-20-24-28-32(35)36/h29-30H,3-28H2,1-2H3,(H,33,34)(H,35,36). The number of hydrogen-bond acceptors (Lipinski definition) is 2. The van der Waals surface area contributed by atoms with Gasteiger partial charge in [-0.25, -0.2) is 0 Å². The van der Waals surface area contributed by atoms with Crippen molar-refractivity contribution in [2.75, 3.05) is 0 Å². The van der Waals surface area contributed by atoms with Crippen LogP contribution in [0.1, 0.15) is 181 Å². The summed E-state index contributed by atoms with van der Waals surface area (Å²) in [7, 11) is 0.